The van der Waals surface area contributed by atoms with Crippen molar-refractivity contribution in [2.75, 3.05) is 25.1 Å². The van der Waals surface area contributed by atoms with Crippen molar-refractivity contribution in [2.45, 2.75) is 6.42 Å². The van der Waals surface area contributed by atoms with Crippen LogP contribution in [0.4, 0.5) is 17.5 Å². The van der Waals surface area contributed by atoms with Gasteiger partial charge in [0.2, 0.25) is 5.91 Å². The van der Waals surface area contributed by atoms with Gasteiger partial charge in [-0.05, 0) is 30.2 Å². The van der Waals surface area contributed by atoms with Crippen molar-refractivity contribution in [3.63, 3.8) is 0 Å². The van der Waals surface area contributed by atoms with Crippen molar-refractivity contribution in [3.05, 3.63) is 59.9 Å². The number of amides is 1. The zero-order chi connectivity index (χ0) is 22.7. The van der Waals surface area contributed by atoms with Gasteiger partial charge in [0.15, 0.2) is 11.5 Å². The van der Waals surface area contributed by atoms with Crippen LogP contribution in [-0.2, 0) is 4.79 Å². The quantitative estimate of drug-likeness (QED) is 0.626. The van der Waals surface area contributed by atoms with Gasteiger partial charge in [-0.3, -0.25) is 4.79 Å². The number of nitrogen functional groups attached to an aromatic ring is 1. The van der Waals surface area contributed by atoms with Gasteiger partial charge >= 0.3 is 6.01 Å². The lowest BCUT2D eigenvalue weighted by atomic mass is 9.94. The third kappa shape index (κ3) is 4.32. The molecular formula is C22H20N8O2. The molecule has 1 aromatic carbocycles. The van der Waals surface area contributed by atoms with Gasteiger partial charge in [0.25, 0.3) is 5.89 Å². The summed E-state index contributed by atoms with van der Waals surface area (Å²) < 4.78 is 5.66. The standard InChI is InChI=1S/C22H20N8O2/c1-30(2)21(31)15-8-6-14(7-9-15)17-12-25-19(24)18(27-17)20-28-29-22(32-20)26-16-5-3-4-13(10-16)11-23/h3-8,10,12,15H,9H2,1-2H3,(H2,24,25)(H,26,29). The summed E-state index contributed by atoms with van der Waals surface area (Å²) in [5, 5.41) is 20.0. The van der Waals surface area contributed by atoms with Gasteiger partial charge < -0.3 is 20.4 Å². The molecule has 2 heterocycles. The number of aromatic nitrogens is 4. The highest BCUT2D eigenvalue weighted by atomic mass is 16.4. The number of nitrogens with two attached hydrogens (primary N) is 1. The van der Waals surface area contributed by atoms with Gasteiger partial charge in [-0.2, -0.15) is 5.26 Å². The van der Waals surface area contributed by atoms with E-state index < -0.39 is 0 Å². The van der Waals surface area contributed by atoms with Crippen molar-refractivity contribution in [3.8, 4) is 17.7 Å². The Bertz CT molecular complexity index is 1270. The van der Waals surface area contributed by atoms with E-state index in [4.69, 9.17) is 15.4 Å². The maximum atomic E-state index is 12.1. The smallest absolute Gasteiger partial charge is 0.320 e. The molecule has 1 aliphatic carbocycles. The number of rotatable bonds is 5. The Kier molecular flexibility index (Phi) is 5.63. The number of hydrogen-bond acceptors (Lipinski definition) is 9. The van der Waals surface area contributed by atoms with E-state index in [0.717, 1.165) is 5.57 Å². The molecule has 0 radical (unpaired) electrons. The normalized spacial score (nSPS) is 15.0. The lowest BCUT2D eigenvalue weighted by Crippen LogP contribution is -2.28. The molecule has 4 rings (SSSR count). The van der Waals surface area contributed by atoms with Gasteiger partial charge in [-0.25, -0.2) is 9.97 Å². The zero-order valence-electron chi connectivity index (χ0n) is 17.5. The minimum absolute atomic E-state index is 0.0480. The van der Waals surface area contributed by atoms with Gasteiger partial charge in [0.05, 0.1) is 29.4 Å². The van der Waals surface area contributed by atoms with E-state index in [-0.39, 0.29) is 35.2 Å². The number of nitrogens with zero attached hydrogens (tertiary/aromatic N) is 6. The van der Waals surface area contributed by atoms with E-state index in [1.165, 1.54) is 0 Å². The van der Waals surface area contributed by atoms with Crippen LogP contribution < -0.4 is 11.1 Å². The van der Waals surface area contributed by atoms with Crippen LogP contribution in [0.15, 0.2) is 53.1 Å². The second-order valence-electron chi connectivity index (χ2n) is 7.31. The second kappa shape index (κ2) is 8.69. The van der Waals surface area contributed by atoms with E-state index in [2.05, 4.69) is 31.6 Å². The first-order valence-electron chi connectivity index (χ1n) is 9.78. The van der Waals surface area contributed by atoms with Gasteiger partial charge in [-0.1, -0.05) is 29.4 Å². The molecule has 0 aliphatic heterocycles. The van der Waals surface area contributed by atoms with E-state index in [1.54, 1.807) is 49.5 Å². The van der Waals surface area contributed by atoms with Crippen molar-refractivity contribution in [1.29, 1.82) is 5.26 Å². The summed E-state index contributed by atoms with van der Waals surface area (Å²) in [7, 11) is 3.47. The summed E-state index contributed by atoms with van der Waals surface area (Å²) in [6.45, 7) is 0. The predicted molar refractivity (Wildman–Crippen MR) is 118 cm³/mol. The molecule has 10 heteroatoms. The molecule has 0 spiro atoms. The molecule has 1 amide bonds. The number of carbonyl (C=O) groups excluding carboxylic acids is 1. The van der Waals surface area contributed by atoms with Crippen LogP contribution in [-0.4, -0.2) is 45.1 Å². The second-order valence-corrected chi connectivity index (χ2v) is 7.31. The summed E-state index contributed by atoms with van der Waals surface area (Å²) in [5.41, 5.74) is 8.80. The van der Waals surface area contributed by atoms with Crippen LogP contribution in [0.25, 0.3) is 17.2 Å². The predicted octanol–water partition coefficient (Wildman–Crippen LogP) is 2.77. The maximum Gasteiger partial charge on any atom is 0.320 e. The van der Waals surface area contributed by atoms with Gasteiger partial charge in [0.1, 0.15) is 0 Å². The fourth-order valence-electron chi connectivity index (χ4n) is 3.18. The highest BCUT2D eigenvalue weighted by Crippen LogP contribution is 2.28. The van der Waals surface area contributed by atoms with Crippen LogP contribution >= 0.6 is 0 Å². The van der Waals surface area contributed by atoms with Crippen molar-refractivity contribution in [1.82, 2.24) is 25.1 Å². The van der Waals surface area contributed by atoms with Crippen LogP contribution in [0, 0.1) is 17.2 Å². The number of carbonyl (C=O) groups is 1. The topological polar surface area (TPSA) is 147 Å². The number of hydrogen-bond donors (Lipinski definition) is 2. The highest BCUT2D eigenvalue weighted by molar-refractivity contribution is 5.84. The highest BCUT2D eigenvalue weighted by Gasteiger charge is 2.21. The summed E-state index contributed by atoms with van der Waals surface area (Å²) in [5.74, 6) is 0.110. The molecule has 0 saturated carbocycles. The number of benzene rings is 1. The van der Waals surface area contributed by atoms with E-state index in [1.807, 2.05) is 18.2 Å². The zero-order valence-corrected chi connectivity index (χ0v) is 17.5. The fourth-order valence-corrected chi connectivity index (χ4v) is 3.18. The SMILES string of the molecule is CN(C)C(=O)C1C=CC(c2cnc(N)c(-c3nnc(Nc4cccc(C#N)c4)o3)n2)=CC1. The first-order chi connectivity index (χ1) is 15.4. The number of nitrogens with one attached hydrogen (secondary N) is 1. The van der Waals surface area contributed by atoms with E-state index >= 15 is 0 Å². The van der Waals surface area contributed by atoms with Crippen molar-refractivity contribution >= 4 is 29.0 Å². The van der Waals surface area contributed by atoms with Crippen molar-refractivity contribution < 1.29 is 9.21 Å². The van der Waals surface area contributed by atoms with E-state index in [9.17, 15) is 4.79 Å². The summed E-state index contributed by atoms with van der Waals surface area (Å²) >= 11 is 0. The first kappa shape index (κ1) is 20.7. The molecule has 0 saturated heterocycles. The Balaban J connectivity index is 1.55. The molecule has 1 unspecified atom stereocenters. The molecule has 10 nitrogen and oxygen atoms in total. The third-order valence-corrected chi connectivity index (χ3v) is 4.82. The van der Waals surface area contributed by atoms with Crippen LogP contribution in [0.1, 0.15) is 17.7 Å². The average Bonchev–Trinajstić information content (AvgIpc) is 3.27. The molecular weight excluding hydrogens is 408 g/mol. The number of nitriles is 1. The Morgan fingerprint density at radius 2 is 2.19 bits per heavy atom. The number of anilines is 3. The maximum absolute atomic E-state index is 12.1. The minimum atomic E-state index is -0.195. The minimum Gasteiger partial charge on any atom is -0.401 e. The molecule has 3 N–H and O–H groups in total. The molecule has 160 valence electrons. The van der Waals surface area contributed by atoms with E-state index in [0.29, 0.717) is 23.4 Å². The lowest BCUT2D eigenvalue weighted by Gasteiger charge is -2.19. The average molecular weight is 428 g/mol. The fraction of sp³-hybridized carbons (Fsp3) is 0.182. The molecule has 0 bridgehead atoms. The molecule has 2 aromatic heterocycles. The summed E-state index contributed by atoms with van der Waals surface area (Å²) in [6, 6.07) is 9.07. The molecule has 1 atom stereocenters. The Morgan fingerprint density at radius 3 is 2.91 bits per heavy atom. The largest absolute Gasteiger partial charge is 0.401 e. The Morgan fingerprint density at radius 1 is 1.34 bits per heavy atom. The number of allylic oxidation sites excluding steroid dienone is 3. The molecule has 32 heavy (non-hydrogen) atoms. The molecule has 0 fully saturated rings. The van der Waals surface area contributed by atoms with Crippen LogP contribution in [0.5, 0.6) is 0 Å². The first-order valence-corrected chi connectivity index (χ1v) is 9.78. The Labute approximate surface area is 184 Å². The molecule has 3 aromatic rings. The van der Waals surface area contributed by atoms with Gasteiger partial charge in [-0.15, -0.1) is 5.10 Å². The van der Waals surface area contributed by atoms with Crippen LogP contribution in [0.2, 0.25) is 0 Å². The van der Waals surface area contributed by atoms with Gasteiger partial charge in [0, 0.05) is 19.8 Å². The van der Waals surface area contributed by atoms with Crippen molar-refractivity contribution in [2.24, 2.45) is 5.92 Å². The summed E-state index contributed by atoms with van der Waals surface area (Å²) in [6.07, 6.45) is 7.79. The third-order valence-electron chi connectivity index (χ3n) is 4.82. The lowest BCUT2D eigenvalue weighted by molar-refractivity contribution is -0.131. The Hall–Kier alpha value is -4.52. The molecule has 1 aliphatic rings. The summed E-state index contributed by atoms with van der Waals surface area (Å²) in [4.78, 5) is 22.5. The monoisotopic (exact) mass is 428 g/mol. The van der Waals surface area contributed by atoms with Crippen LogP contribution in [0.3, 0.4) is 0 Å².